The minimum Gasteiger partial charge on any atom is -0.309 e. The molecule has 0 spiro atoms. The monoisotopic (exact) mass is 329 g/mol. The summed E-state index contributed by atoms with van der Waals surface area (Å²) >= 11 is 5.50. The first kappa shape index (κ1) is 14.5. The molecule has 1 N–H and O–H groups in total. The molecule has 2 rings (SSSR count). The molecule has 0 radical (unpaired) electrons. The molecule has 3 heteroatoms. The average molecular weight is 330 g/mol. The molecule has 1 saturated carbocycles. The first-order valence-corrected chi connectivity index (χ1v) is 8.67. The van der Waals surface area contributed by atoms with Crippen molar-refractivity contribution in [2.75, 3.05) is 0 Å². The maximum atomic E-state index is 3.80. The lowest BCUT2D eigenvalue weighted by Gasteiger charge is -2.35. The highest BCUT2D eigenvalue weighted by atomic mass is 79.9. The van der Waals surface area contributed by atoms with Crippen LogP contribution in [0.3, 0.4) is 0 Å². The van der Waals surface area contributed by atoms with Gasteiger partial charge >= 0.3 is 0 Å². The Morgan fingerprint density at radius 3 is 2.72 bits per heavy atom. The molecule has 0 aliphatic heterocycles. The second-order valence-electron chi connectivity index (χ2n) is 5.80. The molecule has 2 unspecified atom stereocenters. The molecule has 102 valence electrons. The maximum Gasteiger partial charge on any atom is 0.0314 e. The first-order valence-electron chi connectivity index (χ1n) is 7.06. The number of halogens is 1. The van der Waals surface area contributed by atoms with Gasteiger partial charge in [-0.2, -0.15) is 0 Å². The second kappa shape index (κ2) is 6.53. The first-order chi connectivity index (χ1) is 8.58. The lowest BCUT2D eigenvalue weighted by Crippen LogP contribution is -2.40. The molecular formula is C15H24BrNS. The maximum absolute atomic E-state index is 3.80. The van der Waals surface area contributed by atoms with Gasteiger partial charge in [-0.3, -0.25) is 0 Å². The summed E-state index contributed by atoms with van der Waals surface area (Å²) in [4.78, 5) is 2.84. The number of nitrogens with one attached hydrogen (secondary N) is 1. The average Bonchev–Trinajstić information content (AvgIpc) is 2.66. The minimum absolute atomic E-state index is 0.722. The van der Waals surface area contributed by atoms with Crippen LogP contribution in [-0.2, 0) is 6.54 Å². The fourth-order valence-electron chi connectivity index (χ4n) is 3.05. The van der Waals surface area contributed by atoms with Crippen LogP contribution in [-0.4, -0.2) is 6.04 Å². The molecular weight excluding hydrogens is 306 g/mol. The summed E-state index contributed by atoms with van der Waals surface area (Å²) in [7, 11) is 0. The van der Waals surface area contributed by atoms with Gasteiger partial charge in [0.2, 0.25) is 0 Å². The summed E-state index contributed by atoms with van der Waals surface area (Å²) in [5.74, 6) is 1.67. The summed E-state index contributed by atoms with van der Waals surface area (Å²) in [6.07, 6.45) is 5.58. The Balaban J connectivity index is 1.91. The normalized spacial score (nSPS) is 24.7. The molecule has 2 atom stereocenters. The van der Waals surface area contributed by atoms with Crippen LogP contribution >= 0.6 is 27.3 Å². The van der Waals surface area contributed by atoms with Crippen LogP contribution in [0, 0.1) is 18.8 Å². The third-order valence-corrected chi connectivity index (χ3v) is 6.26. The second-order valence-corrected chi connectivity index (χ2v) is 7.99. The van der Waals surface area contributed by atoms with Crippen LogP contribution in [0.2, 0.25) is 0 Å². The quantitative estimate of drug-likeness (QED) is 0.807. The lowest BCUT2D eigenvalue weighted by molar-refractivity contribution is 0.205. The van der Waals surface area contributed by atoms with E-state index in [0.29, 0.717) is 0 Å². The van der Waals surface area contributed by atoms with Gasteiger partial charge in [-0.25, -0.2) is 0 Å². The summed E-state index contributed by atoms with van der Waals surface area (Å²) in [5, 5.41) is 3.80. The molecule has 1 nitrogen and oxygen atoms in total. The van der Waals surface area contributed by atoms with Crippen molar-refractivity contribution in [2.24, 2.45) is 11.8 Å². The molecule has 0 amide bonds. The van der Waals surface area contributed by atoms with E-state index in [0.717, 1.165) is 24.4 Å². The fraction of sp³-hybridized carbons (Fsp3) is 0.733. The van der Waals surface area contributed by atoms with Gasteiger partial charge in [0.25, 0.3) is 0 Å². The van der Waals surface area contributed by atoms with Crippen molar-refractivity contribution in [3.8, 4) is 0 Å². The topological polar surface area (TPSA) is 12.0 Å². The van der Waals surface area contributed by atoms with Crippen molar-refractivity contribution in [2.45, 2.75) is 59.0 Å². The summed E-state index contributed by atoms with van der Waals surface area (Å²) in [6, 6.07) is 2.99. The molecule has 1 aliphatic carbocycles. The molecule has 1 fully saturated rings. The van der Waals surface area contributed by atoms with Crippen molar-refractivity contribution in [3.63, 3.8) is 0 Å². The summed E-state index contributed by atoms with van der Waals surface area (Å²) < 4.78 is 1.26. The zero-order valence-electron chi connectivity index (χ0n) is 11.6. The minimum atomic E-state index is 0.722. The summed E-state index contributed by atoms with van der Waals surface area (Å²) in [6.45, 7) is 7.95. The van der Waals surface area contributed by atoms with Gasteiger partial charge in [0, 0.05) is 26.8 Å². The van der Waals surface area contributed by atoms with Gasteiger partial charge < -0.3 is 5.32 Å². The van der Waals surface area contributed by atoms with Crippen molar-refractivity contribution >= 4 is 27.3 Å². The van der Waals surface area contributed by atoms with Gasteiger partial charge in [-0.1, -0.05) is 26.7 Å². The van der Waals surface area contributed by atoms with Crippen molar-refractivity contribution in [3.05, 3.63) is 20.3 Å². The smallest absolute Gasteiger partial charge is 0.0314 e. The Kier molecular flexibility index (Phi) is 5.28. The molecule has 0 aromatic carbocycles. The Morgan fingerprint density at radius 1 is 1.39 bits per heavy atom. The van der Waals surface area contributed by atoms with Gasteiger partial charge in [0.05, 0.1) is 0 Å². The Hall–Kier alpha value is 0.140. The third kappa shape index (κ3) is 3.58. The predicted molar refractivity (Wildman–Crippen MR) is 84.2 cm³/mol. The predicted octanol–water partition coefficient (Wildman–Crippen LogP) is 5.12. The van der Waals surface area contributed by atoms with E-state index in [4.69, 9.17) is 0 Å². The third-order valence-electron chi connectivity index (χ3n) is 4.12. The fourth-order valence-corrected chi connectivity index (χ4v) is 4.60. The molecule has 1 heterocycles. The summed E-state index contributed by atoms with van der Waals surface area (Å²) in [5.41, 5.74) is 0. The highest BCUT2D eigenvalue weighted by Gasteiger charge is 2.26. The van der Waals surface area contributed by atoms with Gasteiger partial charge in [0.15, 0.2) is 0 Å². The van der Waals surface area contributed by atoms with E-state index >= 15 is 0 Å². The van der Waals surface area contributed by atoms with E-state index in [1.54, 1.807) is 0 Å². The van der Waals surface area contributed by atoms with Crippen LogP contribution in [0.5, 0.6) is 0 Å². The van der Waals surface area contributed by atoms with Crippen LogP contribution in [0.1, 0.15) is 49.3 Å². The van der Waals surface area contributed by atoms with Crippen LogP contribution < -0.4 is 5.32 Å². The van der Waals surface area contributed by atoms with Crippen LogP contribution in [0.4, 0.5) is 0 Å². The highest BCUT2D eigenvalue weighted by Crippen LogP contribution is 2.31. The molecule has 1 aromatic rings. The van der Waals surface area contributed by atoms with E-state index in [9.17, 15) is 0 Å². The number of hydrogen-bond donors (Lipinski definition) is 1. The van der Waals surface area contributed by atoms with E-state index in [-0.39, 0.29) is 0 Å². The van der Waals surface area contributed by atoms with E-state index in [2.05, 4.69) is 48.1 Å². The molecule has 1 aromatic heterocycles. The van der Waals surface area contributed by atoms with E-state index < -0.39 is 0 Å². The van der Waals surface area contributed by atoms with Crippen LogP contribution in [0.15, 0.2) is 10.5 Å². The van der Waals surface area contributed by atoms with Gasteiger partial charge in [0.1, 0.15) is 0 Å². The Bertz CT molecular complexity index is 366. The van der Waals surface area contributed by atoms with Gasteiger partial charge in [-0.15, -0.1) is 11.3 Å². The zero-order valence-corrected chi connectivity index (χ0v) is 14.0. The number of thiophene rings is 1. The van der Waals surface area contributed by atoms with Crippen molar-refractivity contribution in [1.29, 1.82) is 0 Å². The lowest BCUT2D eigenvalue weighted by atomic mass is 9.78. The number of aryl methyl sites for hydroxylation is 1. The SMILES string of the molecule is Cc1sc(CNC2CCCCC2C(C)C)cc1Br. The molecule has 1 aliphatic rings. The highest BCUT2D eigenvalue weighted by molar-refractivity contribution is 9.10. The number of rotatable bonds is 4. The van der Waals surface area contributed by atoms with E-state index in [1.807, 2.05) is 11.3 Å². The standard InChI is InChI=1S/C15H24BrNS/c1-10(2)13-6-4-5-7-15(13)17-9-12-8-14(16)11(3)18-12/h8,10,13,15,17H,4-7,9H2,1-3H3. The van der Waals surface area contributed by atoms with Crippen molar-refractivity contribution in [1.82, 2.24) is 5.32 Å². The molecule has 0 saturated heterocycles. The largest absolute Gasteiger partial charge is 0.309 e. The van der Waals surface area contributed by atoms with Crippen molar-refractivity contribution < 1.29 is 0 Å². The van der Waals surface area contributed by atoms with E-state index in [1.165, 1.54) is 39.9 Å². The Morgan fingerprint density at radius 2 is 2.11 bits per heavy atom. The molecule has 18 heavy (non-hydrogen) atoms. The molecule has 0 bridgehead atoms. The number of hydrogen-bond acceptors (Lipinski definition) is 2. The Labute approximate surface area is 123 Å². The zero-order chi connectivity index (χ0) is 13.1. The van der Waals surface area contributed by atoms with Gasteiger partial charge in [-0.05, 0) is 53.6 Å². The van der Waals surface area contributed by atoms with Crippen LogP contribution in [0.25, 0.3) is 0 Å².